The van der Waals surface area contributed by atoms with Crippen LogP contribution in [-0.2, 0) is 19.1 Å². The number of rotatable bonds is 6. The van der Waals surface area contributed by atoms with E-state index in [1.54, 1.807) is 13.0 Å². The fourth-order valence-electron chi connectivity index (χ4n) is 1.81. The zero-order valence-electron chi connectivity index (χ0n) is 12.0. The summed E-state index contributed by atoms with van der Waals surface area (Å²) in [6, 6.07) is 0. The van der Waals surface area contributed by atoms with E-state index in [0.29, 0.717) is 13.0 Å². The van der Waals surface area contributed by atoms with Crippen LogP contribution >= 0.6 is 0 Å². The number of carbonyl (C=O) groups is 2. The van der Waals surface area contributed by atoms with Crippen molar-refractivity contribution >= 4 is 11.9 Å². The zero-order valence-corrected chi connectivity index (χ0v) is 12.0. The summed E-state index contributed by atoms with van der Waals surface area (Å²) in [5, 5.41) is 0. The Kier molecular flexibility index (Phi) is 6.66. The van der Waals surface area contributed by atoms with Crippen LogP contribution in [-0.4, -0.2) is 24.6 Å². The Morgan fingerprint density at radius 2 is 1.89 bits per heavy atom. The maximum absolute atomic E-state index is 11.9. The summed E-state index contributed by atoms with van der Waals surface area (Å²) in [5.41, 5.74) is -0.341. The largest absolute Gasteiger partial charge is 0.466 e. The van der Waals surface area contributed by atoms with Gasteiger partial charge in [-0.3, -0.25) is 9.59 Å². The van der Waals surface area contributed by atoms with Crippen LogP contribution in [0.1, 0.15) is 41.0 Å². The number of allylic oxidation sites excluding steroid dienone is 1. The SMILES string of the molecule is C=CC[C@H](C(=O)OCC)[C@H](OC(C)=O)C(C)(C)C. The minimum absolute atomic E-state index is 0.309. The number of hydrogen-bond acceptors (Lipinski definition) is 4. The van der Waals surface area contributed by atoms with Gasteiger partial charge in [-0.2, -0.15) is 0 Å². The molecule has 4 heteroatoms. The van der Waals surface area contributed by atoms with Gasteiger partial charge in [0.1, 0.15) is 6.10 Å². The molecular weight excluding hydrogens is 232 g/mol. The maximum atomic E-state index is 11.9. The summed E-state index contributed by atoms with van der Waals surface area (Å²) >= 11 is 0. The Hall–Kier alpha value is -1.32. The molecule has 0 aromatic heterocycles. The highest BCUT2D eigenvalue weighted by Crippen LogP contribution is 2.31. The number of hydrogen-bond donors (Lipinski definition) is 0. The van der Waals surface area contributed by atoms with E-state index in [2.05, 4.69) is 6.58 Å². The number of ether oxygens (including phenoxy) is 2. The van der Waals surface area contributed by atoms with E-state index < -0.39 is 18.0 Å². The van der Waals surface area contributed by atoms with Crippen molar-refractivity contribution in [3.63, 3.8) is 0 Å². The normalized spacial score (nSPS) is 14.5. The molecule has 0 aromatic rings. The van der Waals surface area contributed by atoms with Crippen molar-refractivity contribution < 1.29 is 19.1 Å². The summed E-state index contributed by atoms with van der Waals surface area (Å²) in [4.78, 5) is 23.1. The first kappa shape index (κ1) is 16.7. The van der Waals surface area contributed by atoms with Gasteiger partial charge in [-0.1, -0.05) is 26.8 Å². The lowest BCUT2D eigenvalue weighted by Crippen LogP contribution is -2.42. The van der Waals surface area contributed by atoms with Gasteiger partial charge in [-0.05, 0) is 18.8 Å². The molecule has 0 aliphatic heterocycles. The molecule has 0 heterocycles. The second kappa shape index (κ2) is 7.19. The predicted molar refractivity (Wildman–Crippen MR) is 69.9 cm³/mol. The van der Waals surface area contributed by atoms with Crippen LogP contribution in [0.25, 0.3) is 0 Å². The molecule has 0 rings (SSSR count). The topological polar surface area (TPSA) is 52.6 Å². The molecule has 0 unspecified atom stereocenters. The second-order valence-electron chi connectivity index (χ2n) is 5.28. The Bertz CT molecular complexity index is 301. The summed E-state index contributed by atoms with van der Waals surface area (Å²) in [6.45, 7) is 12.8. The first-order valence-electron chi connectivity index (χ1n) is 6.18. The summed E-state index contributed by atoms with van der Waals surface area (Å²) in [6.07, 6.45) is 1.55. The fraction of sp³-hybridized carbons (Fsp3) is 0.714. The predicted octanol–water partition coefficient (Wildman–Crippen LogP) is 2.72. The average Bonchev–Trinajstić information content (AvgIpc) is 2.21. The first-order valence-corrected chi connectivity index (χ1v) is 6.18. The Morgan fingerprint density at radius 1 is 1.33 bits per heavy atom. The highest BCUT2D eigenvalue weighted by molar-refractivity contribution is 5.74. The van der Waals surface area contributed by atoms with Crippen LogP contribution in [0.3, 0.4) is 0 Å². The lowest BCUT2D eigenvalue weighted by atomic mass is 9.79. The third-order valence-electron chi connectivity index (χ3n) is 2.52. The van der Waals surface area contributed by atoms with E-state index in [1.807, 2.05) is 20.8 Å². The van der Waals surface area contributed by atoms with Gasteiger partial charge in [-0.25, -0.2) is 0 Å². The molecule has 4 nitrogen and oxygen atoms in total. The van der Waals surface area contributed by atoms with Crippen molar-refractivity contribution in [2.75, 3.05) is 6.61 Å². The van der Waals surface area contributed by atoms with Gasteiger partial charge in [0, 0.05) is 6.92 Å². The molecule has 0 aliphatic carbocycles. The van der Waals surface area contributed by atoms with Gasteiger partial charge in [-0.15, -0.1) is 6.58 Å². The van der Waals surface area contributed by atoms with E-state index >= 15 is 0 Å². The zero-order chi connectivity index (χ0) is 14.3. The Balaban J connectivity index is 5.14. The third kappa shape index (κ3) is 5.34. The summed E-state index contributed by atoms with van der Waals surface area (Å²) in [7, 11) is 0. The van der Waals surface area contributed by atoms with Gasteiger partial charge >= 0.3 is 11.9 Å². The Morgan fingerprint density at radius 3 is 2.22 bits per heavy atom. The molecule has 0 spiro atoms. The Labute approximate surface area is 109 Å². The molecule has 0 aliphatic rings. The highest BCUT2D eigenvalue weighted by atomic mass is 16.6. The molecular formula is C14H24O4. The average molecular weight is 256 g/mol. The molecule has 0 amide bonds. The standard InChI is InChI=1S/C14H24O4/c1-7-9-11(13(16)17-8-2)12(14(4,5)6)18-10(3)15/h7,11-12H,1,8-9H2,2-6H3/t11-,12-/m0/s1. The fourth-order valence-corrected chi connectivity index (χ4v) is 1.81. The van der Waals surface area contributed by atoms with Crippen LogP contribution in [0.2, 0.25) is 0 Å². The van der Waals surface area contributed by atoms with Crippen molar-refractivity contribution in [1.82, 2.24) is 0 Å². The molecule has 0 saturated heterocycles. The van der Waals surface area contributed by atoms with E-state index in [9.17, 15) is 9.59 Å². The molecule has 2 atom stereocenters. The van der Waals surface area contributed by atoms with Crippen LogP contribution in [0.5, 0.6) is 0 Å². The molecule has 0 N–H and O–H groups in total. The lowest BCUT2D eigenvalue weighted by molar-refractivity contribution is -0.167. The number of carbonyl (C=O) groups excluding carboxylic acids is 2. The third-order valence-corrected chi connectivity index (χ3v) is 2.52. The van der Waals surface area contributed by atoms with Crippen molar-refractivity contribution in [3.05, 3.63) is 12.7 Å². The number of esters is 2. The van der Waals surface area contributed by atoms with Crippen molar-refractivity contribution in [2.45, 2.75) is 47.1 Å². The summed E-state index contributed by atoms with van der Waals surface area (Å²) in [5.74, 6) is -1.25. The molecule has 18 heavy (non-hydrogen) atoms. The molecule has 0 bridgehead atoms. The van der Waals surface area contributed by atoms with Crippen LogP contribution < -0.4 is 0 Å². The van der Waals surface area contributed by atoms with Crippen molar-refractivity contribution in [2.24, 2.45) is 11.3 Å². The molecule has 0 aromatic carbocycles. The molecule has 0 saturated carbocycles. The van der Waals surface area contributed by atoms with Gasteiger partial charge in [0.2, 0.25) is 0 Å². The summed E-state index contributed by atoms with van der Waals surface area (Å²) < 4.78 is 10.3. The monoisotopic (exact) mass is 256 g/mol. The van der Waals surface area contributed by atoms with Gasteiger partial charge in [0.05, 0.1) is 12.5 Å². The van der Waals surface area contributed by atoms with Gasteiger partial charge in [0.15, 0.2) is 0 Å². The van der Waals surface area contributed by atoms with E-state index in [0.717, 1.165) is 0 Å². The molecule has 0 fully saturated rings. The van der Waals surface area contributed by atoms with Crippen LogP contribution in [0.15, 0.2) is 12.7 Å². The van der Waals surface area contributed by atoms with Crippen LogP contribution in [0.4, 0.5) is 0 Å². The van der Waals surface area contributed by atoms with Gasteiger partial charge in [0.25, 0.3) is 0 Å². The van der Waals surface area contributed by atoms with E-state index in [-0.39, 0.29) is 11.4 Å². The highest BCUT2D eigenvalue weighted by Gasteiger charge is 2.39. The minimum Gasteiger partial charge on any atom is -0.466 e. The van der Waals surface area contributed by atoms with E-state index in [4.69, 9.17) is 9.47 Å². The lowest BCUT2D eigenvalue weighted by Gasteiger charge is -2.34. The van der Waals surface area contributed by atoms with E-state index in [1.165, 1.54) is 6.92 Å². The van der Waals surface area contributed by atoms with Gasteiger partial charge < -0.3 is 9.47 Å². The smallest absolute Gasteiger partial charge is 0.313 e. The second-order valence-corrected chi connectivity index (χ2v) is 5.28. The first-order chi connectivity index (χ1) is 8.23. The van der Waals surface area contributed by atoms with Crippen molar-refractivity contribution in [1.29, 1.82) is 0 Å². The minimum atomic E-state index is -0.521. The quantitative estimate of drug-likeness (QED) is 0.541. The van der Waals surface area contributed by atoms with Crippen LogP contribution in [0, 0.1) is 11.3 Å². The molecule has 104 valence electrons. The van der Waals surface area contributed by atoms with Crippen molar-refractivity contribution in [3.8, 4) is 0 Å². The molecule has 0 radical (unpaired) electrons. The maximum Gasteiger partial charge on any atom is 0.313 e.